The van der Waals surface area contributed by atoms with E-state index in [1.807, 2.05) is 0 Å². The lowest BCUT2D eigenvalue weighted by molar-refractivity contribution is 0.111. The maximum absolute atomic E-state index is 10.6. The molecule has 1 atom stereocenters. The number of aliphatic hydroxyl groups is 2. The number of rotatable bonds is 5. The highest BCUT2D eigenvalue weighted by atomic mass is 32.2. The van der Waals surface area contributed by atoms with Crippen LogP contribution in [0.5, 0.6) is 0 Å². The second-order valence-corrected chi connectivity index (χ2v) is 3.67. The molecule has 0 amide bonds. The second kappa shape index (κ2) is 5.74. The molecule has 0 fully saturated rings. The summed E-state index contributed by atoms with van der Waals surface area (Å²) in [4.78, 5) is 14.6. The van der Waals surface area contributed by atoms with Crippen LogP contribution in [-0.2, 0) is 0 Å². The van der Waals surface area contributed by atoms with Gasteiger partial charge in [0.25, 0.3) is 0 Å². The molecule has 1 heterocycles. The van der Waals surface area contributed by atoms with Crippen molar-refractivity contribution in [2.75, 3.05) is 12.4 Å². The molecule has 14 heavy (non-hydrogen) atoms. The van der Waals surface area contributed by atoms with Gasteiger partial charge in [0.2, 0.25) is 0 Å². The van der Waals surface area contributed by atoms with Crippen LogP contribution in [-0.4, -0.2) is 39.9 Å². The van der Waals surface area contributed by atoms with Crippen molar-refractivity contribution >= 4 is 18.0 Å². The van der Waals surface area contributed by atoms with Gasteiger partial charge in [-0.25, -0.2) is 4.98 Å². The lowest BCUT2D eigenvalue weighted by Gasteiger charge is -2.06. The lowest BCUT2D eigenvalue weighted by Crippen LogP contribution is -2.14. The first-order chi connectivity index (χ1) is 6.77. The van der Waals surface area contributed by atoms with E-state index >= 15 is 0 Å². The SMILES string of the molecule is O=Cc1cccnc1SCC(O)CO. The summed E-state index contributed by atoms with van der Waals surface area (Å²) in [6.07, 6.45) is 1.53. The smallest absolute Gasteiger partial charge is 0.152 e. The zero-order valence-corrected chi connectivity index (χ0v) is 8.28. The van der Waals surface area contributed by atoms with Gasteiger partial charge >= 0.3 is 0 Å². The van der Waals surface area contributed by atoms with Crippen molar-refractivity contribution in [1.82, 2.24) is 4.98 Å². The second-order valence-electron chi connectivity index (χ2n) is 2.66. The average Bonchev–Trinajstić information content (AvgIpc) is 2.26. The quantitative estimate of drug-likeness (QED) is 0.545. The summed E-state index contributed by atoms with van der Waals surface area (Å²) in [7, 11) is 0. The number of aromatic nitrogens is 1. The van der Waals surface area contributed by atoms with Crippen molar-refractivity contribution in [3.8, 4) is 0 Å². The summed E-state index contributed by atoms with van der Waals surface area (Å²) < 4.78 is 0. The number of hydrogen-bond acceptors (Lipinski definition) is 5. The van der Waals surface area contributed by atoms with Gasteiger partial charge < -0.3 is 10.2 Å². The van der Waals surface area contributed by atoms with Gasteiger partial charge in [-0.2, -0.15) is 0 Å². The summed E-state index contributed by atoms with van der Waals surface area (Å²) in [5.41, 5.74) is 0.502. The van der Waals surface area contributed by atoms with E-state index in [-0.39, 0.29) is 6.61 Å². The number of pyridine rings is 1. The van der Waals surface area contributed by atoms with Crippen LogP contribution in [0.25, 0.3) is 0 Å². The topological polar surface area (TPSA) is 70.4 Å². The van der Waals surface area contributed by atoms with E-state index < -0.39 is 6.10 Å². The van der Waals surface area contributed by atoms with Crippen LogP contribution in [0.1, 0.15) is 10.4 Å². The van der Waals surface area contributed by atoms with E-state index in [4.69, 9.17) is 10.2 Å². The van der Waals surface area contributed by atoms with E-state index in [0.717, 1.165) is 6.29 Å². The molecule has 0 aromatic carbocycles. The van der Waals surface area contributed by atoms with Gasteiger partial charge in [-0.15, -0.1) is 11.8 Å². The van der Waals surface area contributed by atoms with Crippen LogP contribution in [0.3, 0.4) is 0 Å². The molecule has 0 saturated carbocycles. The highest BCUT2D eigenvalue weighted by molar-refractivity contribution is 7.99. The van der Waals surface area contributed by atoms with Gasteiger partial charge in [0.05, 0.1) is 12.7 Å². The molecule has 1 aromatic rings. The Labute approximate surface area is 86.0 Å². The third kappa shape index (κ3) is 3.10. The standard InChI is InChI=1S/C9H11NO3S/c11-4-7-2-1-3-10-9(7)14-6-8(13)5-12/h1-4,8,12-13H,5-6H2. The normalized spacial score (nSPS) is 12.4. The van der Waals surface area contributed by atoms with Crippen molar-refractivity contribution in [2.24, 2.45) is 0 Å². The first-order valence-corrected chi connectivity index (χ1v) is 5.08. The minimum atomic E-state index is -0.776. The van der Waals surface area contributed by atoms with Crippen molar-refractivity contribution in [2.45, 2.75) is 11.1 Å². The minimum absolute atomic E-state index is 0.281. The van der Waals surface area contributed by atoms with E-state index in [9.17, 15) is 4.79 Å². The summed E-state index contributed by atoms with van der Waals surface area (Å²) in [6.45, 7) is -0.281. The number of aliphatic hydroxyl groups excluding tert-OH is 2. The molecular formula is C9H11NO3S. The Hall–Kier alpha value is -0.910. The molecule has 76 valence electrons. The number of nitrogens with zero attached hydrogens (tertiary/aromatic N) is 1. The molecule has 0 radical (unpaired) electrons. The first-order valence-electron chi connectivity index (χ1n) is 4.10. The number of carbonyl (C=O) groups excluding carboxylic acids is 1. The monoisotopic (exact) mass is 213 g/mol. The van der Waals surface area contributed by atoms with Crippen LogP contribution in [0.15, 0.2) is 23.4 Å². The van der Waals surface area contributed by atoms with Gasteiger partial charge in [0, 0.05) is 17.5 Å². The Balaban J connectivity index is 2.61. The fraction of sp³-hybridized carbons (Fsp3) is 0.333. The third-order valence-electron chi connectivity index (χ3n) is 1.55. The molecule has 0 spiro atoms. The van der Waals surface area contributed by atoms with Crippen LogP contribution >= 0.6 is 11.8 Å². The third-order valence-corrected chi connectivity index (χ3v) is 2.72. The fourth-order valence-electron chi connectivity index (χ4n) is 0.841. The summed E-state index contributed by atoms with van der Waals surface area (Å²) in [5.74, 6) is 0.328. The van der Waals surface area contributed by atoms with Crippen molar-refractivity contribution in [3.05, 3.63) is 23.9 Å². The highest BCUT2D eigenvalue weighted by Crippen LogP contribution is 2.18. The Morgan fingerprint density at radius 3 is 3.07 bits per heavy atom. The molecule has 1 rings (SSSR count). The van der Waals surface area contributed by atoms with Crippen LogP contribution in [0.2, 0.25) is 0 Å². The Morgan fingerprint density at radius 1 is 1.64 bits per heavy atom. The minimum Gasteiger partial charge on any atom is -0.394 e. The van der Waals surface area contributed by atoms with Gasteiger partial charge in [-0.3, -0.25) is 4.79 Å². The fourth-order valence-corrected chi connectivity index (χ4v) is 1.72. The van der Waals surface area contributed by atoms with E-state index in [2.05, 4.69) is 4.98 Å². The summed E-state index contributed by atoms with van der Waals surface area (Å²) in [5, 5.41) is 18.3. The van der Waals surface area contributed by atoms with Crippen molar-refractivity contribution < 1.29 is 15.0 Å². The number of carbonyl (C=O) groups is 1. The van der Waals surface area contributed by atoms with Crippen LogP contribution < -0.4 is 0 Å². The highest BCUT2D eigenvalue weighted by Gasteiger charge is 2.06. The van der Waals surface area contributed by atoms with E-state index in [1.54, 1.807) is 18.3 Å². The Kier molecular flexibility index (Phi) is 4.58. The predicted molar refractivity (Wildman–Crippen MR) is 53.4 cm³/mol. The average molecular weight is 213 g/mol. The first kappa shape index (κ1) is 11.2. The number of hydrogen-bond donors (Lipinski definition) is 2. The Morgan fingerprint density at radius 2 is 2.43 bits per heavy atom. The zero-order valence-electron chi connectivity index (χ0n) is 7.46. The predicted octanol–water partition coefficient (Wildman–Crippen LogP) is 0.339. The van der Waals surface area contributed by atoms with Crippen molar-refractivity contribution in [3.63, 3.8) is 0 Å². The molecule has 2 N–H and O–H groups in total. The maximum atomic E-state index is 10.6. The van der Waals surface area contributed by atoms with Gasteiger partial charge in [0.1, 0.15) is 5.03 Å². The van der Waals surface area contributed by atoms with Gasteiger partial charge in [-0.1, -0.05) is 0 Å². The molecule has 4 nitrogen and oxygen atoms in total. The number of thioether (sulfide) groups is 1. The molecule has 1 unspecified atom stereocenters. The largest absolute Gasteiger partial charge is 0.394 e. The maximum Gasteiger partial charge on any atom is 0.152 e. The van der Waals surface area contributed by atoms with Crippen LogP contribution in [0, 0.1) is 0 Å². The molecular weight excluding hydrogens is 202 g/mol. The van der Waals surface area contributed by atoms with Gasteiger partial charge in [-0.05, 0) is 12.1 Å². The summed E-state index contributed by atoms with van der Waals surface area (Å²) >= 11 is 1.25. The molecule has 0 saturated heterocycles. The zero-order chi connectivity index (χ0) is 10.4. The van der Waals surface area contributed by atoms with Gasteiger partial charge in [0.15, 0.2) is 6.29 Å². The van der Waals surface area contributed by atoms with Crippen LogP contribution in [0.4, 0.5) is 0 Å². The Bertz CT molecular complexity index is 306. The molecule has 0 bridgehead atoms. The van der Waals surface area contributed by atoms with E-state index in [0.29, 0.717) is 16.3 Å². The summed E-state index contributed by atoms with van der Waals surface area (Å²) in [6, 6.07) is 3.34. The van der Waals surface area contributed by atoms with E-state index in [1.165, 1.54) is 11.8 Å². The molecule has 0 aliphatic carbocycles. The molecule has 1 aromatic heterocycles. The lowest BCUT2D eigenvalue weighted by atomic mass is 10.3. The molecule has 5 heteroatoms. The van der Waals surface area contributed by atoms with Crippen molar-refractivity contribution in [1.29, 1.82) is 0 Å². The molecule has 0 aliphatic rings. The molecule has 0 aliphatic heterocycles. The number of aldehydes is 1.